The summed E-state index contributed by atoms with van der Waals surface area (Å²) in [6.07, 6.45) is 11.5. The standard InChI is InChI=1S/C17H35N/c1-6-7-8-9-10-11-12-16-13-14-18(5)17(3,4)15(16)2/h15-16H,6-14H2,1-5H3. The van der Waals surface area contributed by atoms with Gasteiger partial charge in [0.2, 0.25) is 0 Å². The van der Waals surface area contributed by atoms with E-state index in [2.05, 4.69) is 39.6 Å². The highest BCUT2D eigenvalue weighted by molar-refractivity contribution is 4.92. The third kappa shape index (κ3) is 4.26. The third-order valence-electron chi connectivity index (χ3n) is 5.57. The van der Waals surface area contributed by atoms with Crippen LogP contribution in [0.15, 0.2) is 0 Å². The lowest BCUT2D eigenvalue weighted by atomic mass is 9.71. The molecule has 0 N–H and O–H groups in total. The second kappa shape index (κ2) is 7.53. The highest BCUT2D eigenvalue weighted by atomic mass is 15.2. The van der Waals surface area contributed by atoms with Crippen LogP contribution in [-0.2, 0) is 0 Å². The van der Waals surface area contributed by atoms with Crippen molar-refractivity contribution in [2.45, 2.75) is 84.6 Å². The van der Waals surface area contributed by atoms with Crippen molar-refractivity contribution < 1.29 is 0 Å². The van der Waals surface area contributed by atoms with Crippen molar-refractivity contribution >= 4 is 0 Å². The van der Waals surface area contributed by atoms with Gasteiger partial charge < -0.3 is 4.90 Å². The Morgan fingerprint density at radius 2 is 1.67 bits per heavy atom. The summed E-state index contributed by atoms with van der Waals surface area (Å²) >= 11 is 0. The van der Waals surface area contributed by atoms with Gasteiger partial charge in [-0.05, 0) is 45.7 Å². The molecule has 1 heterocycles. The fourth-order valence-electron chi connectivity index (χ4n) is 3.40. The number of hydrogen-bond donors (Lipinski definition) is 0. The Labute approximate surface area is 115 Å². The predicted octanol–water partition coefficient (Wildman–Crippen LogP) is 5.10. The maximum atomic E-state index is 2.55. The molecule has 1 nitrogen and oxygen atoms in total. The summed E-state index contributed by atoms with van der Waals surface area (Å²) in [5.74, 6) is 1.80. The molecule has 108 valence electrons. The number of nitrogens with zero attached hydrogens (tertiary/aromatic N) is 1. The Balaban J connectivity index is 2.22. The van der Waals surface area contributed by atoms with Gasteiger partial charge in [0, 0.05) is 5.54 Å². The average molecular weight is 253 g/mol. The van der Waals surface area contributed by atoms with Gasteiger partial charge in [-0.25, -0.2) is 0 Å². The van der Waals surface area contributed by atoms with Crippen molar-refractivity contribution in [3.8, 4) is 0 Å². The first-order chi connectivity index (χ1) is 8.50. The van der Waals surface area contributed by atoms with Crippen LogP contribution in [0.2, 0.25) is 0 Å². The van der Waals surface area contributed by atoms with Crippen LogP contribution in [0.1, 0.15) is 79.1 Å². The van der Waals surface area contributed by atoms with Gasteiger partial charge >= 0.3 is 0 Å². The summed E-state index contributed by atoms with van der Waals surface area (Å²) in [4.78, 5) is 2.55. The minimum Gasteiger partial charge on any atom is -0.301 e. The Hall–Kier alpha value is -0.0400. The minimum absolute atomic E-state index is 0.394. The van der Waals surface area contributed by atoms with Crippen LogP contribution in [0.4, 0.5) is 0 Å². The SMILES string of the molecule is CCCCCCCCC1CCN(C)C(C)(C)C1C. The quantitative estimate of drug-likeness (QED) is 0.570. The van der Waals surface area contributed by atoms with E-state index in [1.54, 1.807) is 0 Å². The second-order valence-corrected chi connectivity index (χ2v) is 6.97. The molecule has 2 unspecified atom stereocenters. The van der Waals surface area contributed by atoms with Gasteiger partial charge in [0.15, 0.2) is 0 Å². The Morgan fingerprint density at radius 1 is 1.06 bits per heavy atom. The van der Waals surface area contributed by atoms with E-state index >= 15 is 0 Å². The zero-order chi connectivity index (χ0) is 13.6. The van der Waals surface area contributed by atoms with Crippen molar-refractivity contribution in [2.24, 2.45) is 11.8 Å². The zero-order valence-corrected chi connectivity index (χ0v) is 13.5. The van der Waals surface area contributed by atoms with Gasteiger partial charge in [-0.15, -0.1) is 0 Å². The summed E-state index contributed by atoms with van der Waals surface area (Å²) in [5.41, 5.74) is 0.394. The van der Waals surface area contributed by atoms with E-state index in [1.807, 2.05) is 0 Å². The lowest BCUT2D eigenvalue weighted by Crippen LogP contribution is -2.53. The van der Waals surface area contributed by atoms with Crippen molar-refractivity contribution in [3.05, 3.63) is 0 Å². The van der Waals surface area contributed by atoms with E-state index in [9.17, 15) is 0 Å². The number of unbranched alkanes of at least 4 members (excludes halogenated alkanes) is 5. The third-order valence-corrected chi connectivity index (χ3v) is 5.57. The molecular formula is C17H35N. The second-order valence-electron chi connectivity index (χ2n) is 6.97. The first-order valence-electron chi connectivity index (χ1n) is 8.21. The van der Waals surface area contributed by atoms with E-state index in [1.165, 1.54) is 57.9 Å². The maximum Gasteiger partial charge on any atom is 0.0178 e. The van der Waals surface area contributed by atoms with Gasteiger partial charge in [-0.2, -0.15) is 0 Å². The van der Waals surface area contributed by atoms with Crippen LogP contribution < -0.4 is 0 Å². The van der Waals surface area contributed by atoms with E-state index in [4.69, 9.17) is 0 Å². The molecule has 0 aromatic rings. The van der Waals surface area contributed by atoms with E-state index in [-0.39, 0.29) is 0 Å². The monoisotopic (exact) mass is 253 g/mol. The molecule has 0 amide bonds. The van der Waals surface area contributed by atoms with Crippen LogP contribution in [0.3, 0.4) is 0 Å². The minimum atomic E-state index is 0.394. The van der Waals surface area contributed by atoms with Crippen LogP contribution in [0, 0.1) is 11.8 Å². The summed E-state index contributed by atoms with van der Waals surface area (Å²) in [5, 5.41) is 0. The number of piperidine rings is 1. The molecule has 1 fully saturated rings. The number of hydrogen-bond acceptors (Lipinski definition) is 1. The van der Waals surface area contributed by atoms with Crippen molar-refractivity contribution in [1.82, 2.24) is 4.90 Å². The highest BCUT2D eigenvalue weighted by Crippen LogP contribution is 2.38. The topological polar surface area (TPSA) is 3.24 Å². The van der Waals surface area contributed by atoms with Crippen LogP contribution in [-0.4, -0.2) is 24.0 Å². The molecule has 1 aliphatic rings. The average Bonchev–Trinajstić information content (AvgIpc) is 2.34. The molecular weight excluding hydrogens is 218 g/mol. The van der Waals surface area contributed by atoms with Crippen LogP contribution in [0.25, 0.3) is 0 Å². The molecule has 0 saturated carbocycles. The number of rotatable bonds is 7. The lowest BCUT2D eigenvalue weighted by Gasteiger charge is -2.49. The molecule has 0 aliphatic carbocycles. The van der Waals surface area contributed by atoms with Gasteiger partial charge in [-0.1, -0.05) is 58.8 Å². The summed E-state index contributed by atoms with van der Waals surface area (Å²) < 4.78 is 0. The molecule has 1 aliphatic heterocycles. The molecule has 0 aromatic heterocycles. The molecule has 0 spiro atoms. The molecule has 1 heteroatoms. The molecule has 18 heavy (non-hydrogen) atoms. The van der Waals surface area contributed by atoms with Gasteiger partial charge in [0.25, 0.3) is 0 Å². The zero-order valence-electron chi connectivity index (χ0n) is 13.5. The van der Waals surface area contributed by atoms with E-state index in [0.29, 0.717) is 5.54 Å². The number of likely N-dealkylation sites (tertiary alicyclic amines) is 1. The highest BCUT2D eigenvalue weighted by Gasteiger charge is 2.38. The Bertz CT molecular complexity index is 222. The van der Waals surface area contributed by atoms with Gasteiger partial charge in [0.1, 0.15) is 0 Å². The van der Waals surface area contributed by atoms with E-state index < -0.39 is 0 Å². The summed E-state index contributed by atoms with van der Waals surface area (Å²) in [6.45, 7) is 10.9. The van der Waals surface area contributed by atoms with Crippen LogP contribution in [0.5, 0.6) is 0 Å². The van der Waals surface area contributed by atoms with Gasteiger partial charge in [0.05, 0.1) is 0 Å². The molecule has 0 bridgehead atoms. The molecule has 0 aromatic carbocycles. The largest absolute Gasteiger partial charge is 0.301 e. The fraction of sp³-hybridized carbons (Fsp3) is 1.00. The van der Waals surface area contributed by atoms with E-state index in [0.717, 1.165) is 11.8 Å². The smallest absolute Gasteiger partial charge is 0.0178 e. The molecule has 0 radical (unpaired) electrons. The predicted molar refractivity (Wildman–Crippen MR) is 82.0 cm³/mol. The van der Waals surface area contributed by atoms with Crippen molar-refractivity contribution in [3.63, 3.8) is 0 Å². The normalized spacial score (nSPS) is 28.5. The van der Waals surface area contributed by atoms with Crippen molar-refractivity contribution in [2.75, 3.05) is 13.6 Å². The first kappa shape index (κ1) is 16.0. The maximum absolute atomic E-state index is 2.55. The fourth-order valence-corrected chi connectivity index (χ4v) is 3.40. The summed E-state index contributed by atoms with van der Waals surface area (Å²) in [6, 6.07) is 0. The summed E-state index contributed by atoms with van der Waals surface area (Å²) in [7, 11) is 2.29. The Morgan fingerprint density at radius 3 is 2.33 bits per heavy atom. The van der Waals surface area contributed by atoms with Gasteiger partial charge in [-0.3, -0.25) is 0 Å². The van der Waals surface area contributed by atoms with Crippen LogP contribution >= 0.6 is 0 Å². The molecule has 1 saturated heterocycles. The Kier molecular flexibility index (Phi) is 6.70. The first-order valence-corrected chi connectivity index (χ1v) is 8.21. The van der Waals surface area contributed by atoms with Crippen molar-refractivity contribution in [1.29, 1.82) is 0 Å². The molecule has 2 atom stereocenters. The molecule has 1 rings (SSSR count). The lowest BCUT2D eigenvalue weighted by molar-refractivity contribution is 0.00959.